The molecule has 3 saturated heterocycles. The van der Waals surface area contributed by atoms with Gasteiger partial charge in [0.15, 0.2) is 0 Å². The average molecular weight is 434 g/mol. The van der Waals surface area contributed by atoms with Gasteiger partial charge in [-0.05, 0) is 51.0 Å². The minimum absolute atomic E-state index is 0.0590. The normalized spacial score (nSPS) is 28.3. The van der Waals surface area contributed by atoms with E-state index in [1.165, 1.54) is 32.4 Å². The van der Waals surface area contributed by atoms with Crippen LogP contribution in [0.1, 0.15) is 51.9 Å². The quantitative estimate of drug-likeness (QED) is 0.671. The van der Waals surface area contributed by atoms with Crippen LogP contribution in [-0.4, -0.2) is 77.4 Å². The number of rotatable bonds is 5. The van der Waals surface area contributed by atoms with Gasteiger partial charge in [0.2, 0.25) is 5.91 Å². The van der Waals surface area contributed by atoms with Gasteiger partial charge in [-0.3, -0.25) is 9.69 Å². The Balaban J connectivity index is 0.000000396. The molecule has 1 N–H and O–H groups in total. The second kappa shape index (κ2) is 10.6. The van der Waals surface area contributed by atoms with Crippen LogP contribution < -0.4 is 0 Å². The minimum atomic E-state index is -5.08. The number of aliphatic carboxylic acids is 1. The summed E-state index contributed by atoms with van der Waals surface area (Å²) in [5.41, 5.74) is 0.0590. The molecule has 9 heteroatoms. The van der Waals surface area contributed by atoms with Crippen molar-refractivity contribution >= 4 is 11.9 Å². The van der Waals surface area contributed by atoms with Crippen molar-refractivity contribution in [2.45, 2.75) is 69.6 Å². The average Bonchev–Trinajstić information content (AvgIpc) is 2.99. The van der Waals surface area contributed by atoms with E-state index in [9.17, 15) is 18.0 Å². The smallest absolute Gasteiger partial charge is 0.475 e. The Labute approximate surface area is 176 Å². The van der Waals surface area contributed by atoms with Crippen LogP contribution in [0.4, 0.5) is 13.2 Å². The Morgan fingerprint density at radius 1 is 1.33 bits per heavy atom. The maximum absolute atomic E-state index is 12.4. The van der Waals surface area contributed by atoms with Crippen molar-refractivity contribution in [2.75, 3.05) is 32.8 Å². The lowest BCUT2D eigenvalue weighted by atomic mass is 9.77. The van der Waals surface area contributed by atoms with Gasteiger partial charge < -0.3 is 14.7 Å². The maximum atomic E-state index is 12.4. The molecular weight excluding hydrogens is 401 g/mol. The molecule has 0 radical (unpaired) electrons. The number of hydrogen-bond donors (Lipinski definition) is 1. The summed E-state index contributed by atoms with van der Waals surface area (Å²) in [5, 5.41) is 7.12. The van der Waals surface area contributed by atoms with E-state index in [2.05, 4.69) is 23.3 Å². The van der Waals surface area contributed by atoms with E-state index in [0.717, 1.165) is 44.8 Å². The largest absolute Gasteiger partial charge is 0.490 e. The van der Waals surface area contributed by atoms with Gasteiger partial charge in [0, 0.05) is 38.8 Å². The van der Waals surface area contributed by atoms with Gasteiger partial charge in [-0.25, -0.2) is 4.79 Å². The first-order chi connectivity index (χ1) is 14.2. The second-order valence-electron chi connectivity index (χ2n) is 8.28. The van der Waals surface area contributed by atoms with E-state index in [0.29, 0.717) is 18.5 Å². The molecule has 0 bridgehead atoms. The standard InChI is InChI=1S/C19H32N2O2.C2HF3O2/c1-3-11-21-18(22)6-10-19(21)9-5-12-20(17(19)4-2)15-16-7-13-23-14-8-16;3-2(4,5)1(6)7/h3,16-17H,1,4-15H2,2H3;(H,6,7)/t17-,19-;/m0./s1. The summed E-state index contributed by atoms with van der Waals surface area (Å²) in [6.45, 7) is 11.1. The zero-order valence-electron chi connectivity index (χ0n) is 17.6. The van der Waals surface area contributed by atoms with Crippen LogP contribution in [0.25, 0.3) is 0 Å². The maximum Gasteiger partial charge on any atom is 0.490 e. The number of hydrogen-bond acceptors (Lipinski definition) is 4. The fourth-order valence-corrected chi connectivity index (χ4v) is 5.23. The number of carboxylic acid groups (broad SMARTS) is 1. The lowest BCUT2D eigenvalue weighted by Crippen LogP contribution is -2.63. The molecule has 3 heterocycles. The highest BCUT2D eigenvalue weighted by molar-refractivity contribution is 5.80. The molecule has 0 aliphatic carbocycles. The number of likely N-dealkylation sites (tertiary alicyclic amines) is 2. The molecule has 30 heavy (non-hydrogen) atoms. The predicted octanol–water partition coefficient (Wildman–Crippen LogP) is 3.47. The third-order valence-corrected chi connectivity index (χ3v) is 6.50. The van der Waals surface area contributed by atoms with E-state index in [1.54, 1.807) is 0 Å². The van der Waals surface area contributed by atoms with Gasteiger partial charge in [0.25, 0.3) is 0 Å². The fourth-order valence-electron chi connectivity index (χ4n) is 5.23. The summed E-state index contributed by atoms with van der Waals surface area (Å²) in [7, 11) is 0. The molecule has 3 aliphatic heterocycles. The lowest BCUT2D eigenvalue weighted by molar-refractivity contribution is -0.192. The van der Waals surface area contributed by atoms with Gasteiger partial charge in [-0.1, -0.05) is 13.0 Å². The first-order valence-electron chi connectivity index (χ1n) is 10.7. The molecule has 172 valence electrons. The van der Waals surface area contributed by atoms with Gasteiger partial charge in [0.05, 0.1) is 5.54 Å². The summed E-state index contributed by atoms with van der Waals surface area (Å²) in [5.74, 6) is -1.67. The first kappa shape index (κ1) is 24.7. The molecule has 1 spiro atoms. The number of nitrogens with zero attached hydrogens (tertiary/aromatic N) is 2. The number of carbonyl (C=O) groups excluding carboxylic acids is 1. The van der Waals surface area contributed by atoms with Crippen molar-refractivity contribution in [3.8, 4) is 0 Å². The monoisotopic (exact) mass is 434 g/mol. The Kier molecular flexibility index (Phi) is 8.73. The van der Waals surface area contributed by atoms with Crippen LogP contribution in [0.3, 0.4) is 0 Å². The van der Waals surface area contributed by atoms with Crippen molar-refractivity contribution in [3.63, 3.8) is 0 Å². The number of carboxylic acids is 1. The van der Waals surface area contributed by atoms with Gasteiger partial charge in [0.1, 0.15) is 0 Å². The molecule has 0 aromatic carbocycles. The number of piperidine rings is 1. The lowest BCUT2D eigenvalue weighted by Gasteiger charge is -2.53. The molecule has 3 aliphatic rings. The molecule has 3 fully saturated rings. The third-order valence-electron chi connectivity index (χ3n) is 6.50. The number of alkyl halides is 3. The van der Waals surface area contributed by atoms with Crippen LogP contribution in [0.5, 0.6) is 0 Å². The van der Waals surface area contributed by atoms with E-state index in [-0.39, 0.29) is 5.54 Å². The summed E-state index contributed by atoms with van der Waals surface area (Å²) in [6, 6.07) is 0.505. The summed E-state index contributed by atoms with van der Waals surface area (Å²) in [6.07, 6.45) is 4.44. The molecule has 0 unspecified atom stereocenters. The van der Waals surface area contributed by atoms with E-state index < -0.39 is 12.1 Å². The van der Waals surface area contributed by atoms with Crippen LogP contribution in [0.2, 0.25) is 0 Å². The van der Waals surface area contributed by atoms with Crippen molar-refractivity contribution < 1.29 is 32.6 Å². The summed E-state index contributed by atoms with van der Waals surface area (Å²) < 4.78 is 37.3. The van der Waals surface area contributed by atoms with Gasteiger partial charge >= 0.3 is 12.1 Å². The zero-order chi connectivity index (χ0) is 22.4. The highest BCUT2D eigenvalue weighted by Crippen LogP contribution is 2.43. The van der Waals surface area contributed by atoms with Crippen molar-refractivity contribution in [1.29, 1.82) is 0 Å². The molecule has 0 aromatic heterocycles. The van der Waals surface area contributed by atoms with Crippen molar-refractivity contribution in [2.24, 2.45) is 5.92 Å². The van der Waals surface area contributed by atoms with Crippen LogP contribution in [-0.2, 0) is 14.3 Å². The topological polar surface area (TPSA) is 70.1 Å². The Hall–Kier alpha value is -1.61. The third kappa shape index (κ3) is 5.75. The van der Waals surface area contributed by atoms with Crippen molar-refractivity contribution in [1.82, 2.24) is 9.80 Å². The van der Waals surface area contributed by atoms with E-state index >= 15 is 0 Å². The van der Waals surface area contributed by atoms with Gasteiger partial charge in [-0.15, -0.1) is 6.58 Å². The molecule has 0 saturated carbocycles. The van der Waals surface area contributed by atoms with Crippen molar-refractivity contribution in [3.05, 3.63) is 12.7 Å². The van der Waals surface area contributed by atoms with Crippen LogP contribution in [0, 0.1) is 5.92 Å². The molecule has 0 aromatic rings. The molecule has 3 rings (SSSR count). The number of carbonyl (C=O) groups is 2. The number of ether oxygens (including phenoxy) is 1. The molecule has 1 amide bonds. The minimum Gasteiger partial charge on any atom is -0.475 e. The molecule has 2 atom stereocenters. The predicted molar refractivity (Wildman–Crippen MR) is 106 cm³/mol. The second-order valence-corrected chi connectivity index (χ2v) is 8.28. The molecule has 6 nitrogen and oxygen atoms in total. The number of halogens is 3. The number of amides is 1. The summed E-state index contributed by atoms with van der Waals surface area (Å²) >= 11 is 0. The van der Waals surface area contributed by atoms with E-state index in [1.807, 2.05) is 6.08 Å². The SMILES string of the molecule is C=CCN1C(=O)CC[C@]12CCCN(CC1CCOCC1)[C@H]2CC.O=C(O)C(F)(F)F. The van der Waals surface area contributed by atoms with Crippen LogP contribution >= 0.6 is 0 Å². The zero-order valence-corrected chi connectivity index (χ0v) is 17.6. The molecular formula is C21H33F3N2O4. The Morgan fingerprint density at radius 3 is 2.50 bits per heavy atom. The highest BCUT2D eigenvalue weighted by Gasteiger charge is 2.52. The first-order valence-corrected chi connectivity index (χ1v) is 10.7. The van der Waals surface area contributed by atoms with Gasteiger partial charge in [-0.2, -0.15) is 13.2 Å². The Morgan fingerprint density at radius 2 is 1.97 bits per heavy atom. The highest BCUT2D eigenvalue weighted by atomic mass is 19.4. The van der Waals surface area contributed by atoms with Crippen LogP contribution in [0.15, 0.2) is 12.7 Å². The van der Waals surface area contributed by atoms with E-state index in [4.69, 9.17) is 14.6 Å². The Bertz CT molecular complexity index is 608. The summed E-state index contributed by atoms with van der Waals surface area (Å²) in [4.78, 5) is 26.2. The fraction of sp³-hybridized carbons (Fsp3) is 0.810.